The van der Waals surface area contributed by atoms with Crippen LogP contribution < -0.4 is 0 Å². The molecule has 0 heterocycles. The van der Waals surface area contributed by atoms with Crippen LogP contribution in [0.2, 0.25) is 0 Å². The van der Waals surface area contributed by atoms with Gasteiger partial charge in [-0.05, 0) is 31.9 Å². The smallest absolute Gasteiger partial charge is 0.0245 e. The molecular weight excluding hydrogens is 192 g/mol. The molecule has 1 rings (SSSR count). The summed E-state index contributed by atoms with van der Waals surface area (Å²) in [5, 5.41) is 0. The lowest BCUT2D eigenvalue weighted by molar-refractivity contribution is 0.833. The fraction of sp³-hybridized carbons (Fsp3) is 0.385. The molecule has 0 aliphatic heterocycles. The number of aryl methyl sites for hydroxylation is 1. The van der Waals surface area contributed by atoms with Gasteiger partial charge in [-0.25, -0.2) is 0 Å². The molecule has 14 heavy (non-hydrogen) atoms. The Morgan fingerprint density at radius 2 is 1.86 bits per heavy atom. The van der Waals surface area contributed by atoms with Crippen molar-refractivity contribution in [1.82, 2.24) is 0 Å². The van der Waals surface area contributed by atoms with Crippen molar-refractivity contribution in [1.29, 1.82) is 0 Å². The second kappa shape index (κ2) is 6.51. The standard InChI is InChI=1S/C13H15Cl/c1-12-7-9-13(10-8-12)6-4-2-3-5-11-14/h7-10H,2-3,5,11H2,1H3. The van der Waals surface area contributed by atoms with Crippen LogP contribution in [0.25, 0.3) is 0 Å². The van der Waals surface area contributed by atoms with Crippen LogP contribution in [0.3, 0.4) is 0 Å². The Balaban J connectivity index is 2.39. The number of benzene rings is 1. The molecule has 0 aliphatic rings. The topological polar surface area (TPSA) is 0 Å². The molecule has 0 radical (unpaired) electrons. The third-order valence-electron chi connectivity index (χ3n) is 1.97. The second-order valence-corrected chi connectivity index (χ2v) is 3.69. The van der Waals surface area contributed by atoms with Gasteiger partial charge >= 0.3 is 0 Å². The van der Waals surface area contributed by atoms with Crippen molar-refractivity contribution < 1.29 is 0 Å². The molecule has 1 heteroatoms. The summed E-state index contributed by atoms with van der Waals surface area (Å²) in [5.74, 6) is 7.03. The lowest BCUT2D eigenvalue weighted by atomic mass is 10.1. The van der Waals surface area contributed by atoms with E-state index in [1.807, 2.05) is 0 Å². The third kappa shape index (κ3) is 4.35. The van der Waals surface area contributed by atoms with E-state index in [2.05, 4.69) is 43.0 Å². The fourth-order valence-electron chi connectivity index (χ4n) is 1.11. The summed E-state index contributed by atoms with van der Waals surface area (Å²) in [5.41, 5.74) is 2.37. The number of halogens is 1. The molecule has 0 saturated carbocycles. The number of unbranched alkanes of at least 4 members (excludes halogenated alkanes) is 2. The van der Waals surface area contributed by atoms with Crippen LogP contribution in [0.1, 0.15) is 30.4 Å². The molecule has 0 fully saturated rings. The van der Waals surface area contributed by atoms with E-state index in [0.29, 0.717) is 0 Å². The zero-order valence-electron chi connectivity index (χ0n) is 8.52. The van der Waals surface area contributed by atoms with Crippen LogP contribution in [-0.2, 0) is 0 Å². The van der Waals surface area contributed by atoms with Crippen LogP contribution in [0, 0.1) is 18.8 Å². The molecule has 0 aliphatic carbocycles. The normalized spacial score (nSPS) is 9.29. The predicted octanol–water partition coefficient (Wildman–Crippen LogP) is 3.76. The molecule has 74 valence electrons. The summed E-state index contributed by atoms with van der Waals surface area (Å²) >= 11 is 5.57. The molecule has 0 spiro atoms. The van der Waals surface area contributed by atoms with Crippen molar-refractivity contribution in [3.8, 4) is 11.8 Å². The van der Waals surface area contributed by atoms with Crippen molar-refractivity contribution >= 4 is 11.6 Å². The van der Waals surface area contributed by atoms with Gasteiger partial charge in [0, 0.05) is 17.9 Å². The van der Waals surface area contributed by atoms with Gasteiger partial charge in [0.25, 0.3) is 0 Å². The monoisotopic (exact) mass is 206 g/mol. The number of hydrogen-bond acceptors (Lipinski definition) is 0. The molecule has 0 bridgehead atoms. The highest BCUT2D eigenvalue weighted by molar-refractivity contribution is 6.17. The van der Waals surface area contributed by atoms with Crippen LogP contribution in [0.4, 0.5) is 0 Å². The quantitative estimate of drug-likeness (QED) is 0.402. The summed E-state index contributed by atoms with van der Waals surface area (Å²) in [6.45, 7) is 2.08. The Hall–Kier alpha value is -0.930. The first kappa shape index (κ1) is 11.1. The lowest BCUT2D eigenvalue weighted by Crippen LogP contribution is -1.77. The van der Waals surface area contributed by atoms with Crippen LogP contribution >= 0.6 is 11.6 Å². The van der Waals surface area contributed by atoms with E-state index < -0.39 is 0 Å². The van der Waals surface area contributed by atoms with Gasteiger partial charge in [0.05, 0.1) is 0 Å². The molecule has 0 unspecified atom stereocenters. The van der Waals surface area contributed by atoms with Gasteiger partial charge in [-0.3, -0.25) is 0 Å². The molecule has 0 atom stereocenters. The van der Waals surface area contributed by atoms with E-state index in [1.54, 1.807) is 0 Å². The van der Waals surface area contributed by atoms with Gasteiger partial charge in [-0.1, -0.05) is 29.5 Å². The van der Waals surface area contributed by atoms with Crippen LogP contribution in [-0.4, -0.2) is 5.88 Å². The maximum Gasteiger partial charge on any atom is 0.0245 e. The number of hydrogen-bond donors (Lipinski definition) is 0. The SMILES string of the molecule is Cc1ccc(C#CCCCCCl)cc1. The zero-order valence-corrected chi connectivity index (χ0v) is 9.27. The van der Waals surface area contributed by atoms with E-state index in [4.69, 9.17) is 11.6 Å². The average molecular weight is 207 g/mol. The first-order valence-electron chi connectivity index (χ1n) is 4.94. The highest BCUT2D eigenvalue weighted by Crippen LogP contribution is 2.01. The number of rotatable bonds is 3. The minimum absolute atomic E-state index is 0.742. The van der Waals surface area contributed by atoms with Crippen molar-refractivity contribution in [3.63, 3.8) is 0 Å². The summed E-state index contributed by atoms with van der Waals surface area (Å²) in [6, 6.07) is 8.29. The van der Waals surface area contributed by atoms with Crippen molar-refractivity contribution in [2.75, 3.05) is 5.88 Å². The van der Waals surface area contributed by atoms with E-state index in [-0.39, 0.29) is 0 Å². The molecule has 1 aromatic carbocycles. The summed E-state index contributed by atoms with van der Waals surface area (Å²) < 4.78 is 0. The third-order valence-corrected chi connectivity index (χ3v) is 2.24. The summed E-state index contributed by atoms with van der Waals surface area (Å²) in [4.78, 5) is 0. The second-order valence-electron chi connectivity index (χ2n) is 3.31. The molecule has 0 amide bonds. The Bertz CT molecular complexity index is 313. The minimum atomic E-state index is 0.742. The Morgan fingerprint density at radius 1 is 1.14 bits per heavy atom. The molecule has 0 nitrogen and oxygen atoms in total. The average Bonchev–Trinajstić information content (AvgIpc) is 2.21. The van der Waals surface area contributed by atoms with Gasteiger partial charge < -0.3 is 0 Å². The van der Waals surface area contributed by atoms with E-state index >= 15 is 0 Å². The van der Waals surface area contributed by atoms with E-state index in [0.717, 1.165) is 30.7 Å². The molecular formula is C13H15Cl. The van der Waals surface area contributed by atoms with Gasteiger partial charge in [0.2, 0.25) is 0 Å². The summed E-state index contributed by atoms with van der Waals surface area (Å²) in [6.07, 6.45) is 3.10. The van der Waals surface area contributed by atoms with E-state index in [1.165, 1.54) is 5.56 Å². The van der Waals surface area contributed by atoms with Gasteiger partial charge in [-0.15, -0.1) is 11.6 Å². The Kier molecular flexibility index (Phi) is 5.19. The molecule has 1 aromatic rings. The van der Waals surface area contributed by atoms with Crippen LogP contribution in [0.5, 0.6) is 0 Å². The molecule has 0 N–H and O–H groups in total. The minimum Gasteiger partial charge on any atom is -0.127 e. The van der Waals surface area contributed by atoms with Gasteiger partial charge in [0.15, 0.2) is 0 Å². The highest BCUT2D eigenvalue weighted by atomic mass is 35.5. The van der Waals surface area contributed by atoms with Crippen molar-refractivity contribution in [2.45, 2.75) is 26.2 Å². The van der Waals surface area contributed by atoms with Crippen molar-refractivity contribution in [2.24, 2.45) is 0 Å². The van der Waals surface area contributed by atoms with Crippen molar-refractivity contribution in [3.05, 3.63) is 35.4 Å². The maximum atomic E-state index is 5.57. The predicted molar refractivity (Wildman–Crippen MR) is 62.6 cm³/mol. The fourth-order valence-corrected chi connectivity index (χ4v) is 1.30. The molecule has 0 saturated heterocycles. The largest absolute Gasteiger partial charge is 0.127 e. The first-order valence-corrected chi connectivity index (χ1v) is 5.48. The number of alkyl halides is 1. The Morgan fingerprint density at radius 3 is 2.50 bits per heavy atom. The molecule has 0 aromatic heterocycles. The zero-order chi connectivity index (χ0) is 10.2. The van der Waals surface area contributed by atoms with E-state index in [9.17, 15) is 0 Å². The highest BCUT2D eigenvalue weighted by Gasteiger charge is 1.86. The summed E-state index contributed by atoms with van der Waals surface area (Å²) in [7, 11) is 0. The maximum absolute atomic E-state index is 5.57. The lowest BCUT2D eigenvalue weighted by Gasteiger charge is -1.91. The Labute approximate surface area is 91.3 Å². The first-order chi connectivity index (χ1) is 6.83. The van der Waals surface area contributed by atoms with Gasteiger partial charge in [-0.2, -0.15) is 0 Å². The van der Waals surface area contributed by atoms with Crippen LogP contribution in [0.15, 0.2) is 24.3 Å². The van der Waals surface area contributed by atoms with Gasteiger partial charge in [0.1, 0.15) is 0 Å².